The third kappa shape index (κ3) is 7.24. The first kappa shape index (κ1) is 31.1. The third-order valence-corrected chi connectivity index (χ3v) is 8.60. The highest BCUT2D eigenvalue weighted by Gasteiger charge is 2.17. The second-order valence-corrected chi connectivity index (χ2v) is 12.3. The molecule has 0 saturated heterocycles. The van der Waals surface area contributed by atoms with Gasteiger partial charge in [0, 0.05) is 11.6 Å². The number of benzene rings is 5. The number of nitrogens with one attached hydrogen (secondary N) is 1. The molecule has 0 aromatic heterocycles. The van der Waals surface area contributed by atoms with Gasteiger partial charge in [-0.25, -0.2) is 0 Å². The zero-order valence-corrected chi connectivity index (χ0v) is 27.0. The van der Waals surface area contributed by atoms with Crippen molar-refractivity contribution < 1.29 is 0 Å². The number of hydrogen-bond donors (Lipinski definition) is 1. The van der Waals surface area contributed by atoms with Crippen LogP contribution >= 0.6 is 9.24 Å². The zero-order chi connectivity index (χ0) is 30.8. The average Bonchev–Trinajstić information content (AvgIpc) is 3.06. The first-order chi connectivity index (χ1) is 21.5. The summed E-state index contributed by atoms with van der Waals surface area (Å²) in [5.41, 5.74) is 7.58. The molecule has 5 aromatic rings. The number of rotatable bonds is 12. The van der Waals surface area contributed by atoms with Crippen LogP contribution in [0.4, 0.5) is 0 Å². The van der Waals surface area contributed by atoms with Gasteiger partial charge in [0.1, 0.15) is 0 Å². The molecule has 1 N–H and O–H groups in total. The largest absolute Gasteiger partial charge is 0.309 e. The van der Waals surface area contributed by atoms with Crippen LogP contribution in [0, 0.1) is 5.41 Å². The maximum Gasteiger partial charge on any atom is 0.0174 e. The van der Waals surface area contributed by atoms with Gasteiger partial charge in [-0.3, -0.25) is 0 Å². The molecule has 1 unspecified atom stereocenters. The molecule has 0 amide bonds. The highest BCUT2D eigenvalue weighted by molar-refractivity contribution is 7.16. The molecule has 2 heteroatoms. The second-order valence-electron chi connectivity index (χ2n) is 11.7. The van der Waals surface area contributed by atoms with Crippen LogP contribution in [0.5, 0.6) is 0 Å². The molecule has 0 aliphatic heterocycles. The molecule has 0 aliphatic carbocycles. The van der Waals surface area contributed by atoms with Crippen LogP contribution in [-0.4, -0.2) is 12.4 Å². The van der Waals surface area contributed by atoms with Gasteiger partial charge in [0.2, 0.25) is 0 Å². The second kappa shape index (κ2) is 14.9. The van der Waals surface area contributed by atoms with E-state index in [1.54, 1.807) is 6.08 Å². The Bertz CT molecular complexity index is 1780. The first-order valence-electron chi connectivity index (χ1n) is 15.5. The van der Waals surface area contributed by atoms with E-state index in [1.165, 1.54) is 61.1 Å². The standard InChI is InChI=1S/C42H42NP/c1-42(2,29-15-30-43)35-27-25-33(26-28-35)32(19-14-31-44)16-6-3-4-9-20-36-37-21-10-12-23-39(37)41(34-17-7-5-8-18-34)40-24-13-11-22-38(36)40/h4-13,15-19,21-30,43H,3,14,20,31,44H2,1-2H3/b9-4-,16-6-,29-15-,32-19+,43-30?. The van der Waals surface area contributed by atoms with E-state index in [0.29, 0.717) is 0 Å². The van der Waals surface area contributed by atoms with Crippen molar-refractivity contribution in [2.75, 3.05) is 6.16 Å². The molecule has 0 radical (unpaired) electrons. The summed E-state index contributed by atoms with van der Waals surface area (Å²) >= 11 is 0. The van der Waals surface area contributed by atoms with Crippen molar-refractivity contribution in [3.05, 3.63) is 162 Å². The summed E-state index contributed by atoms with van der Waals surface area (Å²) in [5.74, 6) is 0. The molecule has 5 aromatic carbocycles. The van der Waals surface area contributed by atoms with Crippen LogP contribution in [0.15, 0.2) is 146 Å². The summed E-state index contributed by atoms with van der Waals surface area (Å²) in [5, 5.41) is 12.6. The lowest BCUT2D eigenvalue weighted by Gasteiger charge is -2.21. The normalized spacial score (nSPS) is 12.8. The molecule has 220 valence electrons. The van der Waals surface area contributed by atoms with Crippen LogP contribution in [-0.2, 0) is 11.8 Å². The Labute approximate surface area is 265 Å². The van der Waals surface area contributed by atoms with Gasteiger partial charge in [-0.05, 0) is 86.4 Å². The van der Waals surface area contributed by atoms with Crippen LogP contribution in [0.3, 0.4) is 0 Å². The van der Waals surface area contributed by atoms with Gasteiger partial charge in [-0.2, -0.15) is 0 Å². The Kier molecular flexibility index (Phi) is 10.5. The van der Waals surface area contributed by atoms with E-state index in [4.69, 9.17) is 5.41 Å². The van der Waals surface area contributed by atoms with Crippen molar-refractivity contribution in [1.29, 1.82) is 5.41 Å². The third-order valence-electron chi connectivity index (χ3n) is 8.27. The van der Waals surface area contributed by atoms with Crippen LogP contribution in [0.1, 0.15) is 43.4 Å². The molecule has 0 bridgehead atoms. The van der Waals surface area contributed by atoms with E-state index in [2.05, 4.69) is 163 Å². The van der Waals surface area contributed by atoms with E-state index >= 15 is 0 Å². The number of allylic oxidation sites excluding steroid dienone is 8. The van der Waals surface area contributed by atoms with Crippen molar-refractivity contribution in [3.63, 3.8) is 0 Å². The van der Waals surface area contributed by atoms with E-state index in [0.717, 1.165) is 25.4 Å². The highest BCUT2D eigenvalue weighted by atomic mass is 31.0. The van der Waals surface area contributed by atoms with Crippen molar-refractivity contribution in [1.82, 2.24) is 0 Å². The predicted molar refractivity (Wildman–Crippen MR) is 198 cm³/mol. The number of fused-ring (bicyclic) bond motifs is 2. The topological polar surface area (TPSA) is 23.9 Å². The van der Waals surface area contributed by atoms with Crippen molar-refractivity contribution >= 4 is 42.6 Å². The highest BCUT2D eigenvalue weighted by Crippen LogP contribution is 2.39. The quantitative estimate of drug-likeness (QED) is 0.0491. The Hall–Kier alpha value is -4.32. The van der Waals surface area contributed by atoms with Gasteiger partial charge in [0.15, 0.2) is 0 Å². The smallest absolute Gasteiger partial charge is 0.0174 e. The van der Waals surface area contributed by atoms with Gasteiger partial charge in [0.05, 0.1) is 0 Å². The molecule has 0 saturated carbocycles. The minimum atomic E-state index is -0.112. The summed E-state index contributed by atoms with van der Waals surface area (Å²) < 4.78 is 0. The van der Waals surface area contributed by atoms with Gasteiger partial charge in [-0.1, -0.05) is 153 Å². The lowest BCUT2D eigenvalue weighted by Crippen LogP contribution is -2.13. The summed E-state index contributed by atoms with van der Waals surface area (Å²) in [7, 11) is 2.83. The summed E-state index contributed by atoms with van der Waals surface area (Å²) in [4.78, 5) is 0. The first-order valence-corrected chi connectivity index (χ1v) is 16.3. The van der Waals surface area contributed by atoms with Crippen molar-refractivity contribution in [2.24, 2.45) is 0 Å². The molecule has 1 atom stereocenters. The van der Waals surface area contributed by atoms with Gasteiger partial charge < -0.3 is 5.41 Å². The molecule has 0 aliphatic rings. The monoisotopic (exact) mass is 591 g/mol. The van der Waals surface area contributed by atoms with Gasteiger partial charge in [0.25, 0.3) is 0 Å². The molecule has 5 rings (SSSR count). The lowest BCUT2D eigenvalue weighted by atomic mass is 9.83. The summed E-state index contributed by atoms with van der Waals surface area (Å²) in [6, 6.07) is 37.3. The minimum absolute atomic E-state index is 0.112. The summed E-state index contributed by atoms with van der Waals surface area (Å²) in [6.07, 6.45) is 20.5. The van der Waals surface area contributed by atoms with E-state index in [9.17, 15) is 0 Å². The Morgan fingerprint density at radius 2 is 1.34 bits per heavy atom. The molecule has 0 fully saturated rings. The molecule has 0 spiro atoms. The molecular weight excluding hydrogens is 549 g/mol. The van der Waals surface area contributed by atoms with Gasteiger partial charge in [-0.15, -0.1) is 9.24 Å². The fourth-order valence-corrected chi connectivity index (χ4v) is 6.09. The zero-order valence-electron chi connectivity index (χ0n) is 25.8. The molecule has 44 heavy (non-hydrogen) atoms. The minimum Gasteiger partial charge on any atom is -0.309 e. The van der Waals surface area contributed by atoms with Crippen molar-refractivity contribution in [3.8, 4) is 11.1 Å². The average molecular weight is 592 g/mol. The van der Waals surface area contributed by atoms with Crippen LogP contribution in [0.25, 0.3) is 38.2 Å². The Balaban J connectivity index is 1.36. The fourth-order valence-electron chi connectivity index (χ4n) is 5.92. The molecule has 0 heterocycles. The number of hydrogen-bond acceptors (Lipinski definition) is 1. The Morgan fingerprint density at radius 1 is 0.727 bits per heavy atom. The predicted octanol–water partition coefficient (Wildman–Crippen LogP) is 11.5. The van der Waals surface area contributed by atoms with E-state index in [-0.39, 0.29) is 5.41 Å². The summed E-state index contributed by atoms with van der Waals surface area (Å²) in [6.45, 7) is 4.37. The maximum absolute atomic E-state index is 7.32. The maximum atomic E-state index is 7.32. The van der Waals surface area contributed by atoms with Gasteiger partial charge >= 0.3 is 0 Å². The molecule has 1 nitrogen and oxygen atoms in total. The SMILES string of the molecule is CC(C)(/C=C\C=N)c1ccc(C(/C=C\C/C=C\Cc2c3ccccc3c(-c3ccccc3)c3ccccc23)=C/CCP)cc1. The van der Waals surface area contributed by atoms with Crippen LogP contribution < -0.4 is 0 Å². The fraction of sp³-hybridized carbons (Fsp3) is 0.167. The molecular formula is C42H42NP. The Morgan fingerprint density at radius 3 is 1.95 bits per heavy atom. The van der Waals surface area contributed by atoms with Crippen LogP contribution in [0.2, 0.25) is 0 Å². The lowest BCUT2D eigenvalue weighted by molar-refractivity contribution is 0.670. The van der Waals surface area contributed by atoms with E-state index in [1.807, 2.05) is 0 Å². The van der Waals surface area contributed by atoms with Crippen molar-refractivity contribution in [2.45, 2.75) is 38.5 Å². The van der Waals surface area contributed by atoms with E-state index < -0.39 is 0 Å².